The first kappa shape index (κ1) is 20.5. The van der Waals surface area contributed by atoms with Crippen LogP contribution in [0.2, 0.25) is 5.02 Å². The molecule has 6 heteroatoms. The van der Waals surface area contributed by atoms with Gasteiger partial charge in [0.05, 0.1) is 0 Å². The molecule has 0 radical (unpaired) electrons. The minimum atomic E-state index is -0.195. The van der Waals surface area contributed by atoms with Crippen LogP contribution in [0.4, 0.5) is 0 Å². The van der Waals surface area contributed by atoms with Crippen LogP contribution in [0, 0.1) is 37.0 Å². The first-order valence-electron chi connectivity index (χ1n) is 10.8. The summed E-state index contributed by atoms with van der Waals surface area (Å²) in [7, 11) is 0. The summed E-state index contributed by atoms with van der Waals surface area (Å²) in [6.45, 7) is 4.65. The highest BCUT2D eigenvalue weighted by molar-refractivity contribution is 6.32. The molecule has 0 aromatic heterocycles. The second-order valence-electron chi connectivity index (χ2n) is 9.46. The van der Waals surface area contributed by atoms with Gasteiger partial charge in [-0.2, -0.15) is 0 Å². The molecule has 4 saturated carbocycles. The lowest BCUT2D eigenvalue weighted by Gasteiger charge is -2.55. The zero-order valence-electron chi connectivity index (χ0n) is 17.4. The van der Waals surface area contributed by atoms with Crippen LogP contribution >= 0.6 is 11.6 Å². The van der Waals surface area contributed by atoms with Gasteiger partial charge in [-0.1, -0.05) is 11.6 Å². The summed E-state index contributed by atoms with van der Waals surface area (Å²) in [4.78, 5) is 24.9. The topological polar surface area (TPSA) is 67.4 Å². The molecule has 158 valence electrons. The van der Waals surface area contributed by atoms with E-state index in [2.05, 4.69) is 10.6 Å². The third-order valence-electron chi connectivity index (χ3n) is 7.03. The molecule has 1 aromatic rings. The highest BCUT2D eigenvalue weighted by atomic mass is 35.5. The third kappa shape index (κ3) is 4.40. The predicted octanol–water partition coefficient (Wildman–Crippen LogP) is 3.78. The van der Waals surface area contributed by atoms with Crippen LogP contribution < -0.4 is 15.4 Å². The van der Waals surface area contributed by atoms with E-state index in [1.54, 1.807) is 0 Å². The molecular weight excluding hydrogens is 388 g/mol. The Morgan fingerprint density at radius 1 is 1.00 bits per heavy atom. The molecule has 0 spiro atoms. The van der Waals surface area contributed by atoms with Crippen molar-refractivity contribution in [2.24, 2.45) is 23.2 Å². The third-order valence-corrected chi connectivity index (χ3v) is 7.63. The highest BCUT2D eigenvalue weighted by Gasteiger charge is 2.54. The van der Waals surface area contributed by atoms with Crippen molar-refractivity contribution in [2.45, 2.75) is 52.4 Å². The van der Waals surface area contributed by atoms with E-state index < -0.39 is 0 Å². The number of nitrogens with one attached hydrogen (secondary N) is 2. The van der Waals surface area contributed by atoms with E-state index in [1.807, 2.05) is 26.0 Å². The van der Waals surface area contributed by atoms with Crippen molar-refractivity contribution >= 4 is 23.4 Å². The number of aryl methyl sites for hydroxylation is 2. The van der Waals surface area contributed by atoms with Gasteiger partial charge in [0.25, 0.3) is 5.91 Å². The molecule has 0 aliphatic heterocycles. The molecule has 4 bridgehead atoms. The lowest BCUT2D eigenvalue weighted by molar-refractivity contribution is -0.146. The van der Waals surface area contributed by atoms with E-state index in [0.717, 1.165) is 53.2 Å². The number of halogens is 1. The smallest absolute Gasteiger partial charge is 0.258 e. The first-order valence-corrected chi connectivity index (χ1v) is 11.2. The molecular formula is C23H31ClN2O3. The highest BCUT2D eigenvalue weighted by Crippen LogP contribution is 2.60. The van der Waals surface area contributed by atoms with Crippen molar-refractivity contribution in [3.05, 3.63) is 28.3 Å². The van der Waals surface area contributed by atoms with Crippen molar-refractivity contribution in [1.29, 1.82) is 0 Å². The number of carbonyl (C=O) groups excluding carboxylic acids is 2. The molecule has 5 rings (SSSR count). The monoisotopic (exact) mass is 418 g/mol. The first-order chi connectivity index (χ1) is 13.8. The van der Waals surface area contributed by atoms with Gasteiger partial charge in [-0.25, -0.2) is 0 Å². The number of rotatable bonds is 7. The quantitative estimate of drug-likeness (QED) is 0.662. The second kappa shape index (κ2) is 8.17. The summed E-state index contributed by atoms with van der Waals surface area (Å²) in [5, 5.41) is 6.62. The minimum absolute atomic E-state index is 0.0521. The fourth-order valence-electron chi connectivity index (χ4n) is 6.14. The van der Waals surface area contributed by atoms with Gasteiger partial charge < -0.3 is 15.4 Å². The summed E-state index contributed by atoms with van der Waals surface area (Å²) in [6, 6.07) is 3.66. The Balaban J connectivity index is 1.18. The molecule has 2 N–H and O–H groups in total. The van der Waals surface area contributed by atoms with E-state index in [0.29, 0.717) is 18.8 Å². The van der Waals surface area contributed by atoms with Crippen molar-refractivity contribution in [3.63, 3.8) is 0 Å². The normalized spacial score (nSPS) is 29.6. The van der Waals surface area contributed by atoms with Crippen LogP contribution in [0.1, 0.15) is 49.7 Å². The Labute approximate surface area is 177 Å². The van der Waals surface area contributed by atoms with E-state index in [4.69, 9.17) is 16.3 Å². The van der Waals surface area contributed by atoms with Gasteiger partial charge in [0.2, 0.25) is 5.91 Å². The van der Waals surface area contributed by atoms with Crippen LogP contribution in [0.3, 0.4) is 0 Å². The fraction of sp³-hybridized carbons (Fsp3) is 0.652. The zero-order valence-corrected chi connectivity index (χ0v) is 18.1. The molecule has 0 heterocycles. The van der Waals surface area contributed by atoms with Gasteiger partial charge in [-0.05, 0) is 93.4 Å². The summed E-state index contributed by atoms with van der Waals surface area (Å²) in [6.07, 6.45) is 7.17. The summed E-state index contributed by atoms with van der Waals surface area (Å²) in [5.41, 5.74) is 1.72. The lowest BCUT2D eigenvalue weighted by Crippen LogP contribution is -2.54. The molecule has 0 atom stereocenters. The maximum Gasteiger partial charge on any atom is 0.258 e. The van der Waals surface area contributed by atoms with Gasteiger partial charge in [-0.3, -0.25) is 9.59 Å². The second-order valence-corrected chi connectivity index (χ2v) is 9.84. The largest absolute Gasteiger partial charge is 0.484 e. The van der Waals surface area contributed by atoms with E-state index in [9.17, 15) is 9.59 Å². The molecule has 0 saturated heterocycles. The standard InChI is InChI=1S/C23H31ClN2O3/c1-14-5-19(6-15(2)21(14)24)29-13-20(27)25-3-4-26-22(28)23-10-16-7-17(11-23)9-18(8-16)12-23/h5-6,16-18H,3-4,7-13H2,1-2H3,(H,25,27)(H,26,28). The van der Waals surface area contributed by atoms with E-state index >= 15 is 0 Å². The number of hydrogen-bond donors (Lipinski definition) is 2. The number of amides is 2. The SMILES string of the molecule is Cc1cc(OCC(=O)NCCNC(=O)C23CC4CC(CC(C4)C2)C3)cc(C)c1Cl. The molecule has 0 unspecified atom stereocenters. The zero-order chi connectivity index (χ0) is 20.6. The Bertz CT molecular complexity index is 749. The van der Waals surface area contributed by atoms with E-state index in [1.165, 1.54) is 19.3 Å². The maximum absolute atomic E-state index is 12.9. The van der Waals surface area contributed by atoms with Crippen LogP contribution in [0.15, 0.2) is 12.1 Å². The van der Waals surface area contributed by atoms with E-state index in [-0.39, 0.29) is 23.8 Å². The Kier molecular flexibility index (Phi) is 5.78. The fourth-order valence-corrected chi connectivity index (χ4v) is 6.25. The molecule has 1 aromatic carbocycles. The average Bonchev–Trinajstić information content (AvgIpc) is 2.66. The van der Waals surface area contributed by atoms with Crippen LogP contribution in [-0.2, 0) is 9.59 Å². The number of carbonyl (C=O) groups is 2. The predicted molar refractivity (Wildman–Crippen MR) is 113 cm³/mol. The van der Waals surface area contributed by atoms with Gasteiger partial charge in [-0.15, -0.1) is 0 Å². The van der Waals surface area contributed by atoms with Gasteiger partial charge in [0, 0.05) is 23.5 Å². The molecule has 4 fully saturated rings. The van der Waals surface area contributed by atoms with Crippen LogP contribution in [0.25, 0.3) is 0 Å². The van der Waals surface area contributed by atoms with Crippen molar-refractivity contribution in [3.8, 4) is 5.75 Å². The number of ether oxygens (including phenoxy) is 1. The average molecular weight is 419 g/mol. The summed E-state index contributed by atoms with van der Waals surface area (Å²) >= 11 is 6.15. The molecule has 2 amide bonds. The Morgan fingerprint density at radius 3 is 2.07 bits per heavy atom. The lowest BCUT2D eigenvalue weighted by atomic mass is 9.49. The maximum atomic E-state index is 12.9. The Morgan fingerprint density at radius 2 is 1.52 bits per heavy atom. The van der Waals surface area contributed by atoms with Gasteiger partial charge in [0.15, 0.2) is 6.61 Å². The minimum Gasteiger partial charge on any atom is -0.484 e. The van der Waals surface area contributed by atoms with Gasteiger partial charge >= 0.3 is 0 Å². The molecule has 29 heavy (non-hydrogen) atoms. The summed E-state index contributed by atoms with van der Waals surface area (Å²) < 4.78 is 5.57. The van der Waals surface area contributed by atoms with Crippen molar-refractivity contribution < 1.29 is 14.3 Å². The number of benzene rings is 1. The van der Waals surface area contributed by atoms with Crippen molar-refractivity contribution in [2.75, 3.05) is 19.7 Å². The Hall–Kier alpha value is -1.75. The molecule has 4 aliphatic rings. The van der Waals surface area contributed by atoms with Crippen molar-refractivity contribution in [1.82, 2.24) is 10.6 Å². The van der Waals surface area contributed by atoms with Gasteiger partial charge in [0.1, 0.15) is 5.75 Å². The van der Waals surface area contributed by atoms with Crippen LogP contribution in [-0.4, -0.2) is 31.5 Å². The molecule has 4 aliphatic carbocycles. The summed E-state index contributed by atoms with van der Waals surface area (Å²) in [5.74, 6) is 2.90. The molecule has 5 nitrogen and oxygen atoms in total. The number of hydrogen-bond acceptors (Lipinski definition) is 3. The van der Waals surface area contributed by atoms with Crippen LogP contribution in [0.5, 0.6) is 5.75 Å².